The third-order valence-corrected chi connectivity index (χ3v) is 4.28. The molecule has 0 spiro atoms. The smallest absolute Gasteiger partial charge is 0.387 e. The molecule has 1 saturated carbocycles. The minimum atomic E-state index is -2.85. The molecule has 0 saturated heterocycles. The summed E-state index contributed by atoms with van der Waals surface area (Å²) >= 11 is 0. The van der Waals surface area contributed by atoms with E-state index in [4.69, 9.17) is 10.3 Å². The van der Waals surface area contributed by atoms with Gasteiger partial charge in [-0.05, 0) is 49.9 Å². The van der Waals surface area contributed by atoms with Gasteiger partial charge in [0.1, 0.15) is 5.75 Å². The van der Waals surface area contributed by atoms with Crippen molar-refractivity contribution in [2.45, 2.75) is 51.7 Å². The van der Waals surface area contributed by atoms with E-state index in [-0.39, 0.29) is 18.2 Å². The minimum Gasteiger partial charge on any atom is -0.434 e. The maximum Gasteiger partial charge on any atom is 0.387 e. The largest absolute Gasteiger partial charge is 0.434 e. The SMILES string of the molecule is Cc1cc(-c2nc(C3(N)CCCC3)no2)cc(C)c1OC(F)F.Cl. The van der Waals surface area contributed by atoms with Crippen molar-refractivity contribution in [3.05, 3.63) is 29.1 Å². The van der Waals surface area contributed by atoms with Gasteiger partial charge in [0.2, 0.25) is 0 Å². The Bertz CT molecular complexity index is 692. The van der Waals surface area contributed by atoms with Crippen molar-refractivity contribution in [3.8, 4) is 17.2 Å². The van der Waals surface area contributed by atoms with Gasteiger partial charge in [0.15, 0.2) is 5.82 Å². The quantitative estimate of drug-likeness (QED) is 0.889. The second kappa shape index (κ2) is 7.03. The van der Waals surface area contributed by atoms with Gasteiger partial charge in [0.05, 0.1) is 5.54 Å². The third kappa shape index (κ3) is 3.52. The molecule has 8 heteroatoms. The van der Waals surface area contributed by atoms with Crippen molar-refractivity contribution in [1.82, 2.24) is 10.1 Å². The summed E-state index contributed by atoms with van der Waals surface area (Å²) in [5, 5.41) is 4.01. The van der Waals surface area contributed by atoms with Gasteiger partial charge in [0, 0.05) is 5.56 Å². The van der Waals surface area contributed by atoms with E-state index in [1.165, 1.54) is 0 Å². The molecular weight excluding hydrogens is 340 g/mol. The second-order valence-electron chi connectivity index (χ2n) is 6.10. The summed E-state index contributed by atoms with van der Waals surface area (Å²) in [5.74, 6) is 1.02. The Morgan fingerprint density at radius 3 is 2.33 bits per heavy atom. The lowest BCUT2D eigenvalue weighted by molar-refractivity contribution is -0.0507. The Kier molecular flexibility index (Phi) is 5.45. The van der Waals surface area contributed by atoms with Gasteiger partial charge < -0.3 is 15.0 Å². The highest BCUT2D eigenvalue weighted by Gasteiger charge is 2.36. The first-order valence-corrected chi connectivity index (χ1v) is 7.58. The van der Waals surface area contributed by atoms with Gasteiger partial charge >= 0.3 is 6.61 Å². The Labute approximate surface area is 145 Å². The molecule has 2 N–H and O–H groups in total. The van der Waals surface area contributed by atoms with Crippen LogP contribution in [0, 0.1) is 13.8 Å². The molecule has 0 unspecified atom stereocenters. The first kappa shape index (κ1) is 18.6. The summed E-state index contributed by atoms with van der Waals surface area (Å²) in [6.07, 6.45) is 3.78. The van der Waals surface area contributed by atoms with Crippen LogP contribution in [0.4, 0.5) is 8.78 Å². The molecule has 132 valence electrons. The van der Waals surface area contributed by atoms with Crippen molar-refractivity contribution in [3.63, 3.8) is 0 Å². The number of ether oxygens (including phenoxy) is 1. The van der Waals surface area contributed by atoms with E-state index >= 15 is 0 Å². The van der Waals surface area contributed by atoms with E-state index in [9.17, 15) is 8.78 Å². The van der Waals surface area contributed by atoms with Crippen LogP contribution in [0.25, 0.3) is 11.5 Å². The summed E-state index contributed by atoms with van der Waals surface area (Å²) in [6.45, 7) is 0.549. The summed E-state index contributed by atoms with van der Waals surface area (Å²) < 4.78 is 34.8. The number of hydrogen-bond donors (Lipinski definition) is 1. The molecule has 1 aliphatic carbocycles. The van der Waals surface area contributed by atoms with Crippen LogP contribution in [-0.2, 0) is 5.54 Å². The number of aromatic nitrogens is 2. The maximum atomic E-state index is 12.4. The van der Waals surface area contributed by atoms with Gasteiger partial charge in [-0.15, -0.1) is 12.4 Å². The van der Waals surface area contributed by atoms with Crippen molar-refractivity contribution >= 4 is 12.4 Å². The molecule has 0 aliphatic heterocycles. The van der Waals surface area contributed by atoms with E-state index < -0.39 is 12.2 Å². The molecule has 0 atom stereocenters. The predicted octanol–water partition coefficient (Wildman–Crippen LogP) is 4.10. The van der Waals surface area contributed by atoms with Crippen molar-refractivity contribution in [2.24, 2.45) is 5.73 Å². The van der Waals surface area contributed by atoms with Gasteiger partial charge in [0.25, 0.3) is 5.89 Å². The zero-order valence-electron chi connectivity index (χ0n) is 13.5. The predicted molar refractivity (Wildman–Crippen MR) is 87.4 cm³/mol. The fraction of sp³-hybridized carbons (Fsp3) is 0.500. The fourth-order valence-corrected chi connectivity index (χ4v) is 3.12. The Hall–Kier alpha value is -1.73. The molecule has 24 heavy (non-hydrogen) atoms. The molecule has 5 nitrogen and oxygen atoms in total. The molecule has 0 amide bonds. The minimum absolute atomic E-state index is 0. The number of nitrogens with zero attached hydrogens (tertiary/aromatic N) is 2. The first-order chi connectivity index (χ1) is 10.9. The lowest BCUT2D eigenvalue weighted by Crippen LogP contribution is -2.34. The second-order valence-corrected chi connectivity index (χ2v) is 6.10. The third-order valence-electron chi connectivity index (χ3n) is 4.28. The maximum absolute atomic E-state index is 12.4. The highest BCUT2D eigenvalue weighted by atomic mass is 35.5. The van der Waals surface area contributed by atoms with E-state index in [0.717, 1.165) is 25.7 Å². The van der Waals surface area contributed by atoms with Crippen LogP contribution in [0.1, 0.15) is 42.6 Å². The van der Waals surface area contributed by atoms with Gasteiger partial charge in [-0.3, -0.25) is 0 Å². The molecule has 1 aliphatic rings. The number of nitrogens with two attached hydrogens (primary N) is 1. The number of alkyl halides is 2. The lowest BCUT2D eigenvalue weighted by atomic mass is 9.98. The standard InChI is InChI=1S/C16H19F2N3O2.ClH/c1-9-7-11(8-10(2)12(9)22-15(17)18)13-20-14(21-23-13)16(19)5-3-4-6-16;/h7-8,15H,3-6,19H2,1-2H3;1H. The average molecular weight is 360 g/mol. The zero-order chi connectivity index (χ0) is 16.6. The van der Waals surface area contributed by atoms with E-state index in [1.54, 1.807) is 26.0 Å². The Morgan fingerprint density at radius 1 is 1.21 bits per heavy atom. The average Bonchev–Trinajstić information content (AvgIpc) is 3.12. The number of aryl methyl sites for hydroxylation is 2. The van der Waals surface area contributed by atoms with Crippen LogP contribution >= 0.6 is 12.4 Å². The molecule has 3 rings (SSSR count). The highest BCUT2D eigenvalue weighted by Crippen LogP contribution is 2.36. The van der Waals surface area contributed by atoms with Gasteiger partial charge in [-0.2, -0.15) is 13.8 Å². The Balaban J connectivity index is 0.00000208. The number of rotatable bonds is 4. The van der Waals surface area contributed by atoms with Crippen LogP contribution in [0.3, 0.4) is 0 Å². The topological polar surface area (TPSA) is 74.2 Å². The number of hydrogen-bond acceptors (Lipinski definition) is 5. The summed E-state index contributed by atoms with van der Waals surface area (Å²) in [5.41, 5.74) is 7.64. The van der Waals surface area contributed by atoms with E-state index in [1.807, 2.05) is 0 Å². The van der Waals surface area contributed by atoms with Crippen LogP contribution < -0.4 is 10.5 Å². The molecule has 1 aromatic heterocycles. The monoisotopic (exact) mass is 359 g/mol. The van der Waals surface area contributed by atoms with Gasteiger partial charge in [-0.1, -0.05) is 18.0 Å². The molecule has 1 heterocycles. The molecule has 2 aromatic rings. The molecule has 1 fully saturated rings. The molecular formula is C16H20ClF2N3O2. The number of halogens is 3. The van der Waals surface area contributed by atoms with E-state index in [2.05, 4.69) is 14.9 Å². The summed E-state index contributed by atoms with van der Waals surface area (Å²) in [6, 6.07) is 3.39. The molecule has 0 bridgehead atoms. The first-order valence-electron chi connectivity index (χ1n) is 7.58. The normalized spacial score (nSPS) is 16.2. The summed E-state index contributed by atoms with van der Waals surface area (Å²) in [7, 11) is 0. The van der Waals surface area contributed by atoms with E-state index in [0.29, 0.717) is 28.4 Å². The zero-order valence-corrected chi connectivity index (χ0v) is 14.3. The molecule has 0 radical (unpaired) electrons. The fourth-order valence-electron chi connectivity index (χ4n) is 3.12. The highest BCUT2D eigenvalue weighted by molar-refractivity contribution is 5.85. The van der Waals surface area contributed by atoms with Crippen molar-refractivity contribution in [2.75, 3.05) is 0 Å². The van der Waals surface area contributed by atoms with Gasteiger partial charge in [-0.25, -0.2) is 0 Å². The molecule has 1 aromatic carbocycles. The summed E-state index contributed by atoms with van der Waals surface area (Å²) in [4.78, 5) is 4.42. The van der Waals surface area contributed by atoms with Crippen molar-refractivity contribution in [1.29, 1.82) is 0 Å². The van der Waals surface area contributed by atoms with Crippen LogP contribution in [0.5, 0.6) is 5.75 Å². The Morgan fingerprint density at radius 2 is 1.79 bits per heavy atom. The van der Waals surface area contributed by atoms with Crippen molar-refractivity contribution < 1.29 is 18.0 Å². The number of benzene rings is 1. The van der Waals surface area contributed by atoms with Crippen LogP contribution in [-0.4, -0.2) is 16.8 Å². The lowest BCUT2D eigenvalue weighted by Gasteiger charge is -2.17. The van der Waals surface area contributed by atoms with Crippen LogP contribution in [0.2, 0.25) is 0 Å². The van der Waals surface area contributed by atoms with Crippen LogP contribution in [0.15, 0.2) is 16.7 Å².